The first kappa shape index (κ1) is 27.4. The van der Waals surface area contributed by atoms with Crippen molar-refractivity contribution in [1.82, 2.24) is 15.5 Å². The number of aliphatic hydroxyl groups is 1. The number of nitrogens with zero attached hydrogens (tertiary/aromatic N) is 1. The van der Waals surface area contributed by atoms with Crippen LogP contribution in [-0.4, -0.2) is 75.5 Å². The highest BCUT2D eigenvalue weighted by molar-refractivity contribution is 9.09. The first-order valence-corrected chi connectivity index (χ1v) is 13.5. The molecular weight excluding hydrogens is 502 g/mol. The topological polar surface area (TPSA) is 108 Å². The number of ether oxygens (including phenoxy) is 1. The monoisotopic (exact) mass is 543 g/mol. The number of nitrogens with one attached hydrogen (secondary N) is 2. The number of likely N-dealkylation sites (tertiary alicyclic amines) is 1. The maximum atomic E-state index is 13.9. The number of carbonyl (C=O) groups excluding carboxylic acids is 3. The van der Waals surface area contributed by atoms with E-state index in [1.807, 2.05) is 20.8 Å². The molecule has 3 rings (SSSR count). The highest BCUT2D eigenvalue weighted by atomic mass is 79.9. The first-order valence-electron chi connectivity index (χ1n) is 12.6. The molecule has 8 nitrogen and oxygen atoms in total. The Morgan fingerprint density at radius 3 is 2.47 bits per heavy atom. The van der Waals surface area contributed by atoms with Gasteiger partial charge >= 0.3 is 0 Å². The van der Waals surface area contributed by atoms with E-state index in [0.717, 1.165) is 12.8 Å². The van der Waals surface area contributed by atoms with Crippen LogP contribution in [0.25, 0.3) is 0 Å². The molecule has 3 unspecified atom stereocenters. The van der Waals surface area contributed by atoms with E-state index in [0.29, 0.717) is 32.4 Å². The number of halogens is 1. The summed E-state index contributed by atoms with van der Waals surface area (Å²) in [6.07, 6.45) is 2.74. The molecule has 0 aliphatic carbocycles. The summed E-state index contributed by atoms with van der Waals surface area (Å²) in [6.45, 7) is 13.3. The van der Waals surface area contributed by atoms with Crippen molar-refractivity contribution >= 4 is 33.7 Å². The van der Waals surface area contributed by atoms with Crippen LogP contribution < -0.4 is 10.6 Å². The van der Waals surface area contributed by atoms with Crippen molar-refractivity contribution in [3.05, 3.63) is 0 Å². The Hall–Kier alpha value is -1.19. The third kappa shape index (κ3) is 5.16. The Balaban J connectivity index is 1.95. The van der Waals surface area contributed by atoms with Crippen LogP contribution in [0.4, 0.5) is 0 Å². The molecule has 3 aliphatic rings. The Morgan fingerprint density at radius 1 is 1.21 bits per heavy atom. The highest BCUT2D eigenvalue weighted by Gasteiger charge is 2.76. The van der Waals surface area contributed by atoms with Gasteiger partial charge in [0.2, 0.25) is 17.7 Å². The number of alkyl halides is 1. The van der Waals surface area contributed by atoms with Gasteiger partial charge in [0.15, 0.2) is 0 Å². The molecule has 34 heavy (non-hydrogen) atoms. The van der Waals surface area contributed by atoms with Crippen molar-refractivity contribution in [2.45, 2.75) is 102 Å². The molecule has 0 saturated carbocycles. The van der Waals surface area contributed by atoms with E-state index >= 15 is 0 Å². The van der Waals surface area contributed by atoms with Gasteiger partial charge in [-0.1, -0.05) is 43.6 Å². The number of aliphatic hydroxyl groups excluding tert-OH is 1. The molecule has 3 N–H and O–H groups in total. The van der Waals surface area contributed by atoms with Crippen molar-refractivity contribution in [2.75, 3.05) is 19.7 Å². The summed E-state index contributed by atoms with van der Waals surface area (Å²) in [4.78, 5) is 42.3. The lowest BCUT2D eigenvalue weighted by Crippen LogP contribution is -2.59. The summed E-state index contributed by atoms with van der Waals surface area (Å²) in [6, 6.07) is -0.808. The maximum absolute atomic E-state index is 13.9. The first-order chi connectivity index (χ1) is 15.8. The van der Waals surface area contributed by atoms with Gasteiger partial charge < -0.3 is 25.4 Å². The Bertz CT molecular complexity index is 798. The lowest BCUT2D eigenvalue weighted by Gasteiger charge is -2.38. The van der Waals surface area contributed by atoms with Crippen LogP contribution >= 0.6 is 15.9 Å². The number of fused-ring (bicyclic) bond motifs is 1. The Labute approximate surface area is 212 Å². The largest absolute Gasteiger partial charge is 0.396 e. The minimum atomic E-state index is -1.04. The zero-order chi connectivity index (χ0) is 25.5. The van der Waals surface area contributed by atoms with Crippen molar-refractivity contribution in [3.63, 3.8) is 0 Å². The molecule has 1 spiro atoms. The molecule has 3 amide bonds. The minimum Gasteiger partial charge on any atom is -0.396 e. The van der Waals surface area contributed by atoms with E-state index in [1.165, 1.54) is 0 Å². The predicted octanol–water partition coefficient (Wildman–Crippen LogP) is 2.36. The van der Waals surface area contributed by atoms with E-state index in [-0.39, 0.29) is 34.6 Å². The van der Waals surface area contributed by atoms with E-state index < -0.39 is 35.1 Å². The van der Waals surface area contributed by atoms with Crippen molar-refractivity contribution in [1.29, 1.82) is 0 Å². The standard InChI is InChI=1S/C25H42BrN3O5/c1-7-10-27-20(31)16-17-22(33)29(11-8-9-12-30)19(25(17)13-15(26)18(16)34-25)21(32)28-24(5,6)14-23(2,3)4/h15-19,30H,7-14H2,1-6H3,(H,27,31)(H,28,32)/t15?,16-,17+,18-,19?,25?/m1/s1. The molecule has 0 aromatic carbocycles. The van der Waals surface area contributed by atoms with E-state index in [1.54, 1.807) is 4.90 Å². The average molecular weight is 545 g/mol. The second-order valence-electron chi connectivity index (χ2n) is 12.0. The van der Waals surface area contributed by atoms with Gasteiger partial charge in [0, 0.05) is 30.1 Å². The summed E-state index contributed by atoms with van der Waals surface area (Å²) < 4.78 is 6.49. The third-order valence-corrected chi connectivity index (χ3v) is 7.98. The van der Waals surface area contributed by atoms with Crippen LogP contribution in [0.1, 0.15) is 73.6 Å². The van der Waals surface area contributed by atoms with Gasteiger partial charge in [0.05, 0.1) is 17.9 Å². The number of hydrogen-bond acceptors (Lipinski definition) is 5. The molecule has 3 aliphatic heterocycles. The van der Waals surface area contributed by atoms with Crippen molar-refractivity contribution < 1.29 is 24.2 Å². The van der Waals surface area contributed by atoms with Crippen LogP contribution in [0.2, 0.25) is 0 Å². The summed E-state index contributed by atoms with van der Waals surface area (Å²) >= 11 is 3.69. The van der Waals surface area contributed by atoms with Gasteiger partial charge in [-0.15, -0.1) is 0 Å². The van der Waals surface area contributed by atoms with Crippen LogP contribution in [0.3, 0.4) is 0 Å². The second-order valence-corrected chi connectivity index (χ2v) is 13.2. The number of carbonyl (C=O) groups is 3. The SMILES string of the molecule is CCCNC(=O)[C@H]1[C@@H]2OC3(CC2Br)C(C(=O)NC(C)(C)CC(C)(C)C)N(CCCCO)C(=O)[C@H]13. The fourth-order valence-corrected chi connectivity index (χ4v) is 7.44. The third-order valence-electron chi connectivity index (χ3n) is 7.13. The zero-order valence-corrected chi connectivity index (χ0v) is 23.0. The molecule has 2 bridgehead atoms. The van der Waals surface area contributed by atoms with Gasteiger partial charge in [0.1, 0.15) is 11.6 Å². The molecule has 3 fully saturated rings. The molecule has 6 atom stereocenters. The molecule has 3 saturated heterocycles. The summed E-state index contributed by atoms with van der Waals surface area (Å²) in [5.41, 5.74) is -1.51. The highest BCUT2D eigenvalue weighted by Crippen LogP contribution is 2.60. The van der Waals surface area contributed by atoms with Gasteiger partial charge in [-0.3, -0.25) is 14.4 Å². The van der Waals surface area contributed by atoms with E-state index in [4.69, 9.17) is 4.74 Å². The van der Waals surface area contributed by atoms with E-state index in [9.17, 15) is 19.5 Å². The molecule has 194 valence electrons. The zero-order valence-electron chi connectivity index (χ0n) is 21.4. The van der Waals surface area contributed by atoms with Gasteiger partial charge in [0.25, 0.3) is 0 Å². The quantitative estimate of drug-likeness (QED) is 0.289. The number of unbranched alkanes of at least 4 members (excludes halogenated alkanes) is 1. The smallest absolute Gasteiger partial charge is 0.246 e. The molecule has 0 aromatic heterocycles. The lowest BCUT2D eigenvalue weighted by molar-refractivity contribution is -0.143. The summed E-state index contributed by atoms with van der Waals surface area (Å²) in [5.74, 6) is -1.91. The van der Waals surface area contributed by atoms with Gasteiger partial charge in [-0.05, 0) is 51.4 Å². The number of amides is 3. The minimum absolute atomic E-state index is 0.00956. The van der Waals surface area contributed by atoms with Crippen molar-refractivity contribution in [2.24, 2.45) is 17.3 Å². The number of rotatable bonds is 10. The molecule has 0 radical (unpaired) electrons. The second kappa shape index (κ2) is 10.1. The van der Waals surface area contributed by atoms with Crippen LogP contribution in [0, 0.1) is 17.3 Å². The fourth-order valence-electron chi connectivity index (χ4n) is 6.50. The van der Waals surface area contributed by atoms with Gasteiger partial charge in [-0.25, -0.2) is 0 Å². The lowest BCUT2D eigenvalue weighted by atomic mass is 9.70. The molecule has 9 heteroatoms. The van der Waals surface area contributed by atoms with Crippen LogP contribution in [-0.2, 0) is 19.1 Å². The molecular formula is C25H42BrN3O5. The maximum Gasteiger partial charge on any atom is 0.246 e. The van der Waals surface area contributed by atoms with Crippen molar-refractivity contribution in [3.8, 4) is 0 Å². The van der Waals surface area contributed by atoms with E-state index in [2.05, 4.69) is 47.3 Å². The van der Waals surface area contributed by atoms with Gasteiger partial charge in [-0.2, -0.15) is 0 Å². The molecule has 0 aromatic rings. The summed E-state index contributed by atoms with van der Waals surface area (Å²) in [5, 5.41) is 15.4. The fraction of sp³-hybridized carbons (Fsp3) is 0.880. The Kier molecular flexibility index (Phi) is 8.10. The van der Waals surface area contributed by atoms with Crippen LogP contribution in [0.15, 0.2) is 0 Å². The summed E-state index contributed by atoms with van der Waals surface area (Å²) in [7, 11) is 0. The normalized spacial score (nSPS) is 32.8. The predicted molar refractivity (Wildman–Crippen MR) is 133 cm³/mol. The number of hydrogen-bond donors (Lipinski definition) is 3. The molecule has 3 heterocycles. The van der Waals surface area contributed by atoms with Crippen LogP contribution in [0.5, 0.6) is 0 Å². The Morgan fingerprint density at radius 2 is 1.88 bits per heavy atom. The average Bonchev–Trinajstić information content (AvgIpc) is 3.27.